The number of carbonyl (C=O) groups excluding carboxylic acids is 1. The van der Waals surface area contributed by atoms with Gasteiger partial charge in [-0.3, -0.25) is 9.69 Å². The summed E-state index contributed by atoms with van der Waals surface area (Å²) in [4.78, 5) is 15.2. The second-order valence-corrected chi connectivity index (χ2v) is 8.19. The average Bonchev–Trinajstić information content (AvgIpc) is 2.66. The van der Waals surface area contributed by atoms with Gasteiger partial charge in [0.25, 0.3) is 0 Å². The number of nitrogens with one attached hydrogen (secondary N) is 1. The number of amides is 1. The molecular weight excluding hydrogens is 339 g/mol. The minimum atomic E-state index is -0.351. The first-order chi connectivity index (χ1) is 12.9. The molecule has 0 saturated carbocycles. The topological polar surface area (TPSA) is 32.3 Å². The summed E-state index contributed by atoms with van der Waals surface area (Å²) in [6.07, 6.45) is 1.65. The zero-order chi connectivity index (χ0) is 19.4. The SMILES string of the molecule is CC(C)c1ccc(NC(=O)C2(C)CCN(Cc3ccc(F)cc3)CC2)cc1. The molecule has 0 unspecified atom stereocenters. The molecule has 0 spiro atoms. The molecule has 4 heteroatoms. The smallest absolute Gasteiger partial charge is 0.230 e. The molecule has 3 rings (SSSR count). The van der Waals surface area contributed by atoms with Crippen LogP contribution in [-0.4, -0.2) is 23.9 Å². The summed E-state index contributed by atoms with van der Waals surface area (Å²) in [5.41, 5.74) is 2.89. The van der Waals surface area contributed by atoms with Crippen LogP contribution in [0.5, 0.6) is 0 Å². The summed E-state index contributed by atoms with van der Waals surface area (Å²) in [5, 5.41) is 3.09. The predicted octanol–water partition coefficient (Wildman–Crippen LogP) is 5.19. The summed E-state index contributed by atoms with van der Waals surface area (Å²) < 4.78 is 13.0. The fraction of sp³-hybridized carbons (Fsp3) is 0.435. The van der Waals surface area contributed by atoms with E-state index < -0.39 is 0 Å². The van der Waals surface area contributed by atoms with Crippen LogP contribution < -0.4 is 5.32 Å². The van der Waals surface area contributed by atoms with E-state index in [-0.39, 0.29) is 17.1 Å². The van der Waals surface area contributed by atoms with Crippen molar-refractivity contribution in [3.05, 3.63) is 65.5 Å². The molecular formula is C23H29FN2O. The van der Waals surface area contributed by atoms with Crippen molar-refractivity contribution in [2.45, 2.75) is 46.1 Å². The highest BCUT2D eigenvalue weighted by Crippen LogP contribution is 2.33. The molecule has 3 nitrogen and oxygen atoms in total. The molecule has 1 fully saturated rings. The van der Waals surface area contributed by atoms with Gasteiger partial charge in [0.1, 0.15) is 5.82 Å². The number of halogens is 1. The van der Waals surface area contributed by atoms with E-state index in [9.17, 15) is 9.18 Å². The second kappa shape index (κ2) is 8.22. The van der Waals surface area contributed by atoms with Crippen LogP contribution in [0, 0.1) is 11.2 Å². The van der Waals surface area contributed by atoms with Crippen LogP contribution in [0.4, 0.5) is 10.1 Å². The standard InChI is InChI=1S/C23H29FN2O/c1-17(2)19-6-10-21(11-7-19)25-22(27)23(3)12-14-26(15-13-23)16-18-4-8-20(24)9-5-18/h4-11,17H,12-16H2,1-3H3,(H,25,27). The van der Waals surface area contributed by atoms with Crippen molar-refractivity contribution in [1.82, 2.24) is 4.90 Å². The van der Waals surface area contributed by atoms with E-state index in [2.05, 4.69) is 43.1 Å². The maximum atomic E-state index is 13.0. The number of benzene rings is 2. The van der Waals surface area contributed by atoms with E-state index in [1.54, 1.807) is 0 Å². The number of piperidine rings is 1. The van der Waals surface area contributed by atoms with E-state index in [4.69, 9.17) is 0 Å². The first kappa shape index (κ1) is 19.6. The van der Waals surface area contributed by atoms with Crippen LogP contribution in [-0.2, 0) is 11.3 Å². The van der Waals surface area contributed by atoms with Crippen molar-refractivity contribution >= 4 is 11.6 Å². The monoisotopic (exact) mass is 368 g/mol. The Morgan fingerprint density at radius 2 is 1.67 bits per heavy atom. The fourth-order valence-corrected chi connectivity index (χ4v) is 3.51. The molecule has 1 aliphatic heterocycles. The number of nitrogens with zero attached hydrogens (tertiary/aromatic N) is 1. The maximum absolute atomic E-state index is 13.0. The molecule has 1 amide bonds. The predicted molar refractivity (Wildman–Crippen MR) is 108 cm³/mol. The number of hydrogen-bond acceptors (Lipinski definition) is 2. The van der Waals surface area contributed by atoms with Gasteiger partial charge >= 0.3 is 0 Å². The second-order valence-electron chi connectivity index (χ2n) is 8.19. The van der Waals surface area contributed by atoms with E-state index in [0.717, 1.165) is 43.7 Å². The Labute approximate surface area is 161 Å². The van der Waals surface area contributed by atoms with Gasteiger partial charge in [-0.15, -0.1) is 0 Å². The maximum Gasteiger partial charge on any atom is 0.230 e. The largest absolute Gasteiger partial charge is 0.326 e. The van der Waals surface area contributed by atoms with Gasteiger partial charge in [0.15, 0.2) is 0 Å². The highest BCUT2D eigenvalue weighted by Gasteiger charge is 2.36. The zero-order valence-corrected chi connectivity index (χ0v) is 16.5. The molecule has 1 saturated heterocycles. The van der Waals surface area contributed by atoms with Crippen molar-refractivity contribution in [1.29, 1.82) is 0 Å². The van der Waals surface area contributed by atoms with E-state index in [1.165, 1.54) is 17.7 Å². The third-order valence-electron chi connectivity index (χ3n) is 5.66. The molecule has 1 heterocycles. The molecule has 2 aromatic rings. The van der Waals surface area contributed by atoms with Crippen molar-refractivity contribution < 1.29 is 9.18 Å². The Morgan fingerprint density at radius 3 is 2.22 bits per heavy atom. The van der Waals surface area contributed by atoms with E-state index >= 15 is 0 Å². The first-order valence-electron chi connectivity index (χ1n) is 9.74. The van der Waals surface area contributed by atoms with Gasteiger partial charge in [-0.2, -0.15) is 0 Å². The molecule has 0 aliphatic carbocycles. The summed E-state index contributed by atoms with van der Waals surface area (Å²) in [6, 6.07) is 14.8. The fourth-order valence-electron chi connectivity index (χ4n) is 3.51. The van der Waals surface area contributed by atoms with Crippen LogP contribution >= 0.6 is 0 Å². The number of rotatable bonds is 5. The van der Waals surface area contributed by atoms with Crippen LogP contribution in [0.3, 0.4) is 0 Å². The first-order valence-corrected chi connectivity index (χ1v) is 9.74. The van der Waals surface area contributed by atoms with Crippen LogP contribution in [0.2, 0.25) is 0 Å². The van der Waals surface area contributed by atoms with Crippen molar-refractivity contribution in [3.8, 4) is 0 Å². The van der Waals surface area contributed by atoms with E-state index in [1.807, 2.05) is 24.3 Å². The zero-order valence-electron chi connectivity index (χ0n) is 16.5. The highest BCUT2D eigenvalue weighted by atomic mass is 19.1. The lowest BCUT2D eigenvalue weighted by Crippen LogP contribution is -2.44. The molecule has 1 aliphatic rings. The molecule has 27 heavy (non-hydrogen) atoms. The van der Waals surface area contributed by atoms with Crippen molar-refractivity contribution in [2.24, 2.45) is 5.41 Å². The van der Waals surface area contributed by atoms with Gasteiger partial charge in [0.05, 0.1) is 0 Å². The third kappa shape index (κ3) is 4.95. The van der Waals surface area contributed by atoms with Crippen LogP contribution in [0.25, 0.3) is 0 Å². The summed E-state index contributed by atoms with van der Waals surface area (Å²) in [7, 11) is 0. The van der Waals surface area contributed by atoms with Gasteiger partial charge in [-0.05, 0) is 67.2 Å². The lowest BCUT2D eigenvalue weighted by molar-refractivity contribution is -0.127. The number of carbonyl (C=O) groups is 1. The lowest BCUT2D eigenvalue weighted by Gasteiger charge is -2.38. The lowest BCUT2D eigenvalue weighted by atomic mass is 9.79. The molecule has 144 valence electrons. The Bertz CT molecular complexity index is 760. The van der Waals surface area contributed by atoms with Gasteiger partial charge in [-0.25, -0.2) is 4.39 Å². The molecule has 2 aromatic carbocycles. The molecule has 1 N–H and O–H groups in total. The van der Waals surface area contributed by atoms with Gasteiger partial charge < -0.3 is 5.32 Å². The van der Waals surface area contributed by atoms with Gasteiger partial charge in [-0.1, -0.05) is 45.0 Å². The molecule has 0 aromatic heterocycles. The van der Waals surface area contributed by atoms with Crippen molar-refractivity contribution in [3.63, 3.8) is 0 Å². The van der Waals surface area contributed by atoms with Crippen LogP contribution in [0.1, 0.15) is 50.7 Å². The summed E-state index contributed by atoms with van der Waals surface area (Å²) in [6.45, 7) is 8.92. The van der Waals surface area contributed by atoms with Gasteiger partial charge in [0.2, 0.25) is 5.91 Å². The summed E-state index contributed by atoms with van der Waals surface area (Å²) in [5.74, 6) is 0.377. The minimum absolute atomic E-state index is 0.0984. The number of likely N-dealkylation sites (tertiary alicyclic amines) is 1. The van der Waals surface area contributed by atoms with Crippen LogP contribution in [0.15, 0.2) is 48.5 Å². The number of anilines is 1. The quantitative estimate of drug-likeness (QED) is 0.788. The Hall–Kier alpha value is -2.20. The molecule has 0 radical (unpaired) electrons. The molecule has 0 atom stereocenters. The normalized spacial score (nSPS) is 17.1. The Balaban J connectivity index is 1.54. The van der Waals surface area contributed by atoms with Crippen molar-refractivity contribution in [2.75, 3.05) is 18.4 Å². The Kier molecular flexibility index (Phi) is 5.95. The summed E-state index contributed by atoms with van der Waals surface area (Å²) >= 11 is 0. The molecule has 0 bridgehead atoms. The Morgan fingerprint density at radius 1 is 1.07 bits per heavy atom. The highest BCUT2D eigenvalue weighted by molar-refractivity contribution is 5.95. The van der Waals surface area contributed by atoms with E-state index in [0.29, 0.717) is 5.92 Å². The third-order valence-corrected chi connectivity index (χ3v) is 5.66. The average molecular weight is 368 g/mol. The number of hydrogen-bond donors (Lipinski definition) is 1. The van der Waals surface area contributed by atoms with Gasteiger partial charge in [0, 0.05) is 17.6 Å². The minimum Gasteiger partial charge on any atom is -0.326 e.